The number of esters is 1. The third-order valence-corrected chi connectivity index (χ3v) is 3.41. The van der Waals surface area contributed by atoms with E-state index in [2.05, 4.69) is 27.9 Å². The van der Waals surface area contributed by atoms with E-state index < -0.39 is 29.8 Å². The number of carbonyl (C=O) groups is 2. The molecule has 0 fully saturated rings. The summed E-state index contributed by atoms with van der Waals surface area (Å²) in [6, 6.07) is -0.496. The highest BCUT2D eigenvalue weighted by Gasteiger charge is 2.32. The Morgan fingerprint density at radius 2 is 1.90 bits per heavy atom. The van der Waals surface area contributed by atoms with E-state index >= 15 is 0 Å². The maximum Gasteiger partial charge on any atom is 0.408 e. The normalized spacial score (nSPS) is 14.2. The number of methoxy groups -OCH3 is 1. The summed E-state index contributed by atoms with van der Waals surface area (Å²) in [7, 11) is 1.30. The van der Waals surface area contributed by atoms with Crippen LogP contribution in [-0.4, -0.2) is 48.0 Å². The molecule has 124 valence electrons. The predicted molar refractivity (Wildman–Crippen MR) is 88.7 cm³/mol. The molecule has 0 saturated heterocycles. The average molecular weight is 415 g/mol. The zero-order valence-electron chi connectivity index (χ0n) is 13.4. The van der Waals surface area contributed by atoms with Gasteiger partial charge < -0.3 is 19.5 Å². The smallest absolute Gasteiger partial charge is 0.408 e. The quantitative estimate of drug-likeness (QED) is 0.286. The molecule has 0 aliphatic rings. The fourth-order valence-electron chi connectivity index (χ4n) is 1.47. The molecule has 21 heavy (non-hydrogen) atoms. The lowest BCUT2D eigenvalue weighted by Gasteiger charge is -2.27. The molecule has 0 aliphatic heterocycles. The zero-order valence-corrected chi connectivity index (χ0v) is 15.6. The van der Waals surface area contributed by atoms with Crippen LogP contribution in [0, 0.1) is 0 Å². The topological polar surface area (TPSA) is 73.9 Å². The van der Waals surface area contributed by atoms with Gasteiger partial charge in [-0.2, -0.15) is 0 Å². The molecule has 1 unspecified atom stereocenters. The van der Waals surface area contributed by atoms with Crippen LogP contribution in [0.3, 0.4) is 0 Å². The number of nitrogens with one attached hydrogen (secondary N) is 1. The van der Waals surface area contributed by atoms with E-state index in [1.807, 2.05) is 6.92 Å². The molecule has 0 rings (SSSR count). The van der Waals surface area contributed by atoms with E-state index in [9.17, 15) is 9.59 Å². The van der Waals surface area contributed by atoms with Gasteiger partial charge in [-0.3, -0.25) is 0 Å². The van der Waals surface area contributed by atoms with Crippen molar-refractivity contribution in [2.75, 3.05) is 18.1 Å². The van der Waals surface area contributed by atoms with Gasteiger partial charge in [-0.1, -0.05) is 35.9 Å². The Labute approximate surface area is 140 Å². The first-order chi connectivity index (χ1) is 9.75. The first-order valence-electron chi connectivity index (χ1n) is 7.00. The highest BCUT2D eigenvalue weighted by Crippen LogP contribution is 2.11. The Kier molecular flexibility index (Phi) is 9.93. The highest BCUT2D eigenvalue weighted by atomic mass is 127. The summed E-state index contributed by atoms with van der Waals surface area (Å²) in [5.41, 5.74) is -0.594. The van der Waals surface area contributed by atoms with Crippen LogP contribution in [0.2, 0.25) is 0 Å². The largest absolute Gasteiger partial charge is 0.467 e. The van der Waals surface area contributed by atoms with Crippen LogP contribution in [0.25, 0.3) is 0 Å². The molecular weight excluding hydrogens is 389 g/mol. The molecule has 7 heteroatoms. The lowest BCUT2D eigenvalue weighted by atomic mass is 10.2. The average Bonchev–Trinajstić information content (AvgIpc) is 2.38. The van der Waals surface area contributed by atoms with E-state index in [0.29, 0.717) is 11.0 Å². The lowest BCUT2D eigenvalue weighted by molar-refractivity contribution is -0.155. The zero-order chi connectivity index (χ0) is 16.5. The standard InChI is InChI=1S/C14H26INO5/c1-6-7-8-20-11(12(17)19-5)10(9-15)16-13(18)21-14(2,3)4/h10-11H,6-9H2,1-5H3,(H,16,18)/t10-,11?/m0/s1. The van der Waals surface area contributed by atoms with Crippen molar-refractivity contribution in [1.82, 2.24) is 5.32 Å². The summed E-state index contributed by atoms with van der Waals surface area (Å²) < 4.78 is 16.0. The van der Waals surface area contributed by atoms with Crippen LogP contribution in [0.1, 0.15) is 40.5 Å². The minimum atomic E-state index is -0.828. The number of rotatable bonds is 8. The molecule has 0 saturated carbocycles. The number of alkyl halides is 1. The van der Waals surface area contributed by atoms with E-state index in [4.69, 9.17) is 14.2 Å². The molecule has 6 nitrogen and oxygen atoms in total. The summed E-state index contributed by atoms with van der Waals surface area (Å²) in [6.07, 6.45) is 0.402. The molecular formula is C14H26INO5. The van der Waals surface area contributed by atoms with Gasteiger partial charge in [0.1, 0.15) is 5.60 Å². The molecule has 0 aromatic rings. The number of hydrogen-bond acceptors (Lipinski definition) is 5. The maximum atomic E-state index is 11.8. The summed E-state index contributed by atoms with van der Waals surface area (Å²) in [5, 5.41) is 2.67. The van der Waals surface area contributed by atoms with E-state index in [1.165, 1.54) is 7.11 Å². The summed E-state index contributed by atoms with van der Waals surface area (Å²) in [5.74, 6) is -0.496. The van der Waals surface area contributed by atoms with Crippen LogP contribution in [0.4, 0.5) is 4.79 Å². The predicted octanol–water partition coefficient (Wildman–Crippen LogP) is 2.67. The number of unbranched alkanes of at least 4 members (excludes halogenated alkanes) is 1. The molecule has 0 heterocycles. The number of hydrogen-bond donors (Lipinski definition) is 1. The molecule has 0 aromatic carbocycles. The Hall–Kier alpha value is -0.570. The first kappa shape index (κ1) is 20.4. The van der Waals surface area contributed by atoms with Crippen molar-refractivity contribution in [3.8, 4) is 0 Å². The van der Waals surface area contributed by atoms with Crippen molar-refractivity contribution in [3.63, 3.8) is 0 Å². The van der Waals surface area contributed by atoms with Gasteiger partial charge in [0.25, 0.3) is 0 Å². The number of carbonyl (C=O) groups excluding carboxylic acids is 2. The van der Waals surface area contributed by atoms with E-state index in [-0.39, 0.29) is 0 Å². The van der Waals surface area contributed by atoms with Gasteiger partial charge in [0.15, 0.2) is 6.10 Å². The Balaban J connectivity index is 4.72. The maximum absolute atomic E-state index is 11.8. The van der Waals surface area contributed by atoms with Crippen LogP contribution in [0.5, 0.6) is 0 Å². The molecule has 1 amide bonds. The minimum absolute atomic E-state index is 0.444. The second-order valence-electron chi connectivity index (χ2n) is 5.58. The Bertz CT molecular complexity index is 330. The lowest BCUT2D eigenvalue weighted by Crippen LogP contribution is -2.51. The first-order valence-corrected chi connectivity index (χ1v) is 8.52. The highest BCUT2D eigenvalue weighted by molar-refractivity contribution is 14.1. The van der Waals surface area contributed by atoms with E-state index in [0.717, 1.165) is 12.8 Å². The molecule has 1 N–H and O–H groups in total. The van der Waals surface area contributed by atoms with Crippen molar-refractivity contribution in [3.05, 3.63) is 0 Å². The molecule has 0 bridgehead atoms. The number of amides is 1. The molecule has 0 radical (unpaired) electrons. The van der Waals surface area contributed by atoms with Gasteiger partial charge in [0.2, 0.25) is 0 Å². The fourth-order valence-corrected chi connectivity index (χ4v) is 2.16. The van der Waals surface area contributed by atoms with Crippen molar-refractivity contribution < 1.29 is 23.8 Å². The van der Waals surface area contributed by atoms with Gasteiger partial charge >= 0.3 is 12.1 Å². The summed E-state index contributed by atoms with van der Waals surface area (Å²) in [6.45, 7) is 7.81. The fraction of sp³-hybridized carbons (Fsp3) is 0.857. The van der Waals surface area contributed by atoms with Gasteiger partial charge in [-0.15, -0.1) is 0 Å². The minimum Gasteiger partial charge on any atom is -0.467 e. The van der Waals surface area contributed by atoms with Crippen LogP contribution < -0.4 is 5.32 Å². The number of ether oxygens (including phenoxy) is 3. The van der Waals surface area contributed by atoms with Crippen molar-refractivity contribution >= 4 is 34.7 Å². The van der Waals surface area contributed by atoms with Gasteiger partial charge in [-0.25, -0.2) is 9.59 Å². The molecule has 0 aliphatic carbocycles. The van der Waals surface area contributed by atoms with Crippen LogP contribution >= 0.6 is 22.6 Å². The van der Waals surface area contributed by atoms with Crippen molar-refractivity contribution in [2.24, 2.45) is 0 Å². The molecule has 2 atom stereocenters. The number of alkyl carbamates (subject to hydrolysis) is 1. The van der Waals surface area contributed by atoms with Gasteiger partial charge in [0, 0.05) is 11.0 Å². The monoisotopic (exact) mass is 415 g/mol. The van der Waals surface area contributed by atoms with Crippen LogP contribution in [-0.2, 0) is 19.0 Å². The molecule has 0 aromatic heterocycles. The molecule has 0 spiro atoms. The van der Waals surface area contributed by atoms with Gasteiger partial charge in [0.05, 0.1) is 13.2 Å². The Morgan fingerprint density at radius 1 is 1.29 bits per heavy atom. The third-order valence-electron chi connectivity index (χ3n) is 2.46. The Morgan fingerprint density at radius 3 is 2.33 bits per heavy atom. The van der Waals surface area contributed by atoms with Crippen molar-refractivity contribution in [2.45, 2.75) is 58.3 Å². The van der Waals surface area contributed by atoms with Crippen molar-refractivity contribution in [1.29, 1.82) is 0 Å². The number of halogens is 1. The summed E-state index contributed by atoms with van der Waals surface area (Å²) >= 11 is 2.09. The van der Waals surface area contributed by atoms with E-state index in [1.54, 1.807) is 20.8 Å². The second kappa shape index (κ2) is 10.2. The summed E-state index contributed by atoms with van der Waals surface area (Å²) in [4.78, 5) is 23.7. The second-order valence-corrected chi connectivity index (χ2v) is 6.46. The third kappa shape index (κ3) is 9.13. The SMILES string of the molecule is CCCCOC(C(=O)OC)[C@H](CI)NC(=O)OC(C)(C)C. The van der Waals surface area contributed by atoms with Gasteiger partial charge in [-0.05, 0) is 27.2 Å². The van der Waals surface area contributed by atoms with Crippen LogP contribution in [0.15, 0.2) is 0 Å².